The van der Waals surface area contributed by atoms with E-state index in [0.717, 1.165) is 0 Å². The summed E-state index contributed by atoms with van der Waals surface area (Å²) in [6, 6.07) is 5.35. The summed E-state index contributed by atoms with van der Waals surface area (Å²) in [6.45, 7) is -0.0855. The molecule has 0 heterocycles. The Morgan fingerprint density at radius 1 is 1.36 bits per heavy atom. The number of carbonyl (C=O) groups is 1. The number of carbonyl (C=O) groups excluding carboxylic acids is 1. The fraction of sp³-hybridized carbons (Fsp3) is 0.125. The summed E-state index contributed by atoms with van der Waals surface area (Å²) < 4.78 is 0. The Morgan fingerprint density at radius 2 is 1.86 bits per heavy atom. The number of hydrogen-bond donors (Lipinski definition) is 1. The number of ketones is 1. The minimum absolute atomic E-state index is 0. The number of nitro benzene ring substituents is 1. The van der Waals surface area contributed by atoms with Crippen LogP contribution in [-0.4, -0.2) is 17.3 Å². The van der Waals surface area contributed by atoms with E-state index in [2.05, 4.69) is 0 Å². The van der Waals surface area contributed by atoms with Gasteiger partial charge in [-0.05, 0) is 12.1 Å². The second-order valence-electron chi connectivity index (χ2n) is 2.43. The van der Waals surface area contributed by atoms with Crippen LogP contribution in [0.5, 0.6) is 0 Å². The van der Waals surface area contributed by atoms with E-state index in [1.54, 1.807) is 0 Å². The Balaban J connectivity index is 0.00000169. The van der Waals surface area contributed by atoms with E-state index in [4.69, 9.17) is 5.73 Å². The number of rotatable bonds is 3. The van der Waals surface area contributed by atoms with E-state index in [0.29, 0.717) is 5.56 Å². The fourth-order valence-electron chi connectivity index (χ4n) is 0.887. The molecule has 0 aliphatic rings. The first-order valence-electron chi connectivity index (χ1n) is 3.63. The van der Waals surface area contributed by atoms with Crippen LogP contribution in [0.25, 0.3) is 0 Å². The van der Waals surface area contributed by atoms with Crippen LogP contribution in [0.1, 0.15) is 10.4 Å². The van der Waals surface area contributed by atoms with Crippen molar-refractivity contribution < 1.29 is 9.72 Å². The largest absolute Gasteiger partial charge is 0.324 e. The maximum absolute atomic E-state index is 11.0. The Hall–Kier alpha value is -1.46. The molecular weight excluding hydrogens is 208 g/mol. The first kappa shape index (κ1) is 12.5. The monoisotopic (exact) mass is 216 g/mol. The van der Waals surface area contributed by atoms with Gasteiger partial charge in [-0.25, -0.2) is 0 Å². The van der Waals surface area contributed by atoms with Gasteiger partial charge in [0, 0.05) is 17.7 Å². The number of nitrogens with two attached hydrogens (primary N) is 1. The Labute approximate surface area is 86.5 Å². The second-order valence-corrected chi connectivity index (χ2v) is 2.43. The van der Waals surface area contributed by atoms with Crippen molar-refractivity contribution >= 4 is 23.9 Å². The molecule has 0 aliphatic heterocycles. The first-order chi connectivity index (χ1) is 6.15. The van der Waals surface area contributed by atoms with Crippen molar-refractivity contribution in [2.75, 3.05) is 6.54 Å². The summed E-state index contributed by atoms with van der Waals surface area (Å²) in [7, 11) is 0. The van der Waals surface area contributed by atoms with Crippen molar-refractivity contribution in [2.45, 2.75) is 0 Å². The molecule has 1 aromatic carbocycles. The predicted molar refractivity (Wildman–Crippen MR) is 53.7 cm³/mol. The van der Waals surface area contributed by atoms with Gasteiger partial charge in [0.1, 0.15) is 0 Å². The third kappa shape index (κ3) is 2.79. The summed E-state index contributed by atoms with van der Waals surface area (Å²) >= 11 is 0. The molecule has 0 saturated heterocycles. The molecule has 0 aromatic heterocycles. The highest BCUT2D eigenvalue weighted by Gasteiger charge is 2.07. The average molecular weight is 217 g/mol. The summed E-state index contributed by atoms with van der Waals surface area (Å²) in [4.78, 5) is 20.7. The molecule has 2 N–H and O–H groups in total. The van der Waals surface area contributed by atoms with Gasteiger partial charge in [-0.1, -0.05) is 0 Å². The third-order valence-corrected chi connectivity index (χ3v) is 1.59. The summed E-state index contributed by atoms with van der Waals surface area (Å²) in [5.74, 6) is -0.227. The van der Waals surface area contributed by atoms with Gasteiger partial charge in [0.2, 0.25) is 0 Å². The lowest BCUT2D eigenvalue weighted by atomic mass is 10.1. The lowest BCUT2D eigenvalue weighted by Crippen LogP contribution is -2.13. The van der Waals surface area contributed by atoms with Gasteiger partial charge in [0.25, 0.3) is 5.69 Å². The maximum atomic E-state index is 11.0. The van der Waals surface area contributed by atoms with Gasteiger partial charge in [-0.2, -0.15) is 0 Å². The van der Waals surface area contributed by atoms with Gasteiger partial charge < -0.3 is 5.73 Å². The van der Waals surface area contributed by atoms with E-state index < -0.39 is 4.92 Å². The van der Waals surface area contributed by atoms with Crippen molar-refractivity contribution in [3.05, 3.63) is 39.9 Å². The van der Waals surface area contributed by atoms with E-state index in [-0.39, 0.29) is 30.4 Å². The lowest BCUT2D eigenvalue weighted by Gasteiger charge is -1.96. The summed E-state index contributed by atoms with van der Waals surface area (Å²) in [5.41, 5.74) is 5.48. The van der Waals surface area contributed by atoms with Crippen LogP contribution in [0.3, 0.4) is 0 Å². The smallest absolute Gasteiger partial charge is 0.269 e. The molecule has 1 rings (SSSR count). The highest BCUT2D eigenvalue weighted by molar-refractivity contribution is 5.97. The Bertz CT molecular complexity index is 337. The molecule has 0 saturated carbocycles. The predicted octanol–water partition coefficient (Wildman–Crippen LogP) is 1.16. The number of halogens is 1. The first-order valence-corrected chi connectivity index (χ1v) is 3.63. The molecule has 0 unspecified atom stereocenters. The molecule has 14 heavy (non-hydrogen) atoms. The molecule has 0 spiro atoms. The van der Waals surface area contributed by atoms with Gasteiger partial charge in [-0.3, -0.25) is 14.9 Å². The van der Waals surface area contributed by atoms with Gasteiger partial charge in [0.05, 0.1) is 11.5 Å². The highest BCUT2D eigenvalue weighted by atomic mass is 35.5. The van der Waals surface area contributed by atoms with Crippen molar-refractivity contribution in [3.8, 4) is 0 Å². The molecule has 76 valence electrons. The Kier molecular flexibility index (Phi) is 4.76. The number of Topliss-reactive ketones (excluding diaryl/α,β-unsaturated/α-hetero) is 1. The number of non-ortho nitro benzene ring substituents is 1. The topological polar surface area (TPSA) is 86.2 Å². The van der Waals surface area contributed by atoms with Crippen LogP contribution in [0.2, 0.25) is 0 Å². The van der Waals surface area contributed by atoms with Crippen LogP contribution < -0.4 is 5.73 Å². The van der Waals surface area contributed by atoms with Crippen molar-refractivity contribution in [1.82, 2.24) is 0 Å². The van der Waals surface area contributed by atoms with Crippen LogP contribution >= 0.6 is 12.4 Å². The minimum atomic E-state index is -0.517. The summed E-state index contributed by atoms with van der Waals surface area (Å²) in [6.07, 6.45) is 0. The normalized spacial score (nSPS) is 8.93. The molecule has 0 bridgehead atoms. The third-order valence-electron chi connectivity index (χ3n) is 1.59. The van der Waals surface area contributed by atoms with E-state index >= 15 is 0 Å². The molecule has 0 fully saturated rings. The molecule has 0 amide bonds. The van der Waals surface area contributed by atoms with Crippen LogP contribution in [0.4, 0.5) is 5.69 Å². The van der Waals surface area contributed by atoms with E-state index in [9.17, 15) is 14.9 Å². The van der Waals surface area contributed by atoms with Gasteiger partial charge in [0.15, 0.2) is 5.78 Å². The van der Waals surface area contributed by atoms with Crippen LogP contribution in [0.15, 0.2) is 24.3 Å². The minimum Gasteiger partial charge on any atom is -0.324 e. The molecule has 0 atom stereocenters. The zero-order valence-corrected chi connectivity index (χ0v) is 7.99. The number of nitro groups is 1. The SMILES string of the molecule is Cl.NCC(=O)c1ccc([N+](=O)[O-])cc1. The van der Waals surface area contributed by atoms with Gasteiger partial charge >= 0.3 is 0 Å². The number of hydrogen-bond acceptors (Lipinski definition) is 4. The standard InChI is InChI=1S/C8H8N2O3.ClH/c9-5-8(11)6-1-3-7(4-2-6)10(12)13;/h1-4H,5,9H2;1H. The Morgan fingerprint density at radius 3 is 2.21 bits per heavy atom. The second kappa shape index (κ2) is 5.31. The van der Waals surface area contributed by atoms with Crippen molar-refractivity contribution in [3.63, 3.8) is 0 Å². The molecule has 0 aliphatic carbocycles. The molecule has 5 nitrogen and oxygen atoms in total. The zero-order valence-electron chi connectivity index (χ0n) is 7.17. The lowest BCUT2D eigenvalue weighted by molar-refractivity contribution is -0.384. The van der Waals surface area contributed by atoms with Crippen LogP contribution in [-0.2, 0) is 0 Å². The van der Waals surface area contributed by atoms with Crippen molar-refractivity contribution in [1.29, 1.82) is 0 Å². The highest BCUT2D eigenvalue weighted by Crippen LogP contribution is 2.11. The number of nitrogens with zero attached hydrogens (tertiary/aromatic N) is 1. The van der Waals surface area contributed by atoms with Gasteiger partial charge in [-0.15, -0.1) is 12.4 Å². The average Bonchev–Trinajstić information content (AvgIpc) is 2.17. The quantitative estimate of drug-likeness (QED) is 0.467. The zero-order chi connectivity index (χ0) is 9.84. The van der Waals surface area contributed by atoms with E-state index in [1.807, 2.05) is 0 Å². The number of benzene rings is 1. The fourth-order valence-corrected chi connectivity index (χ4v) is 0.887. The molecule has 6 heteroatoms. The van der Waals surface area contributed by atoms with E-state index in [1.165, 1.54) is 24.3 Å². The van der Waals surface area contributed by atoms with Crippen molar-refractivity contribution in [2.24, 2.45) is 5.73 Å². The maximum Gasteiger partial charge on any atom is 0.269 e. The van der Waals surface area contributed by atoms with Crippen LogP contribution in [0, 0.1) is 10.1 Å². The molecular formula is C8H9ClN2O3. The molecule has 1 aromatic rings. The summed E-state index contributed by atoms with van der Waals surface area (Å²) in [5, 5.41) is 10.2. The molecule has 0 radical (unpaired) electrons.